The number of rotatable bonds is 4. The van der Waals surface area contributed by atoms with Gasteiger partial charge in [-0.1, -0.05) is 17.7 Å². The average molecular weight is 348 g/mol. The van der Waals surface area contributed by atoms with Gasteiger partial charge in [-0.15, -0.1) is 10.2 Å². The van der Waals surface area contributed by atoms with Crippen LogP contribution in [0.5, 0.6) is 0 Å². The SMILES string of the molecule is Cn1cnnc1C1CCCN1C(=O)CNC(=O)c1cccc(Cl)c1. The number of aromatic nitrogens is 3. The molecule has 2 heterocycles. The summed E-state index contributed by atoms with van der Waals surface area (Å²) in [5.74, 6) is 0.318. The molecule has 1 aromatic carbocycles. The van der Waals surface area contributed by atoms with Gasteiger partial charge in [0.15, 0.2) is 5.82 Å². The Morgan fingerprint density at radius 3 is 2.96 bits per heavy atom. The Kier molecular flexibility index (Phi) is 4.80. The summed E-state index contributed by atoms with van der Waals surface area (Å²) in [5.41, 5.74) is 0.432. The van der Waals surface area contributed by atoms with E-state index >= 15 is 0 Å². The zero-order valence-electron chi connectivity index (χ0n) is 13.3. The van der Waals surface area contributed by atoms with Crippen molar-refractivity contribution in [2.24, 2.45) is 7.05 Å². The number of carbonyl (C=O) groups is 2. The van der Waals surface area contributed by atoms with Gasteiger partial charge >= 0.3 is 0 Å². The first-order valence-electron chi connectivity index (χ1n) is 7.73. The van der Waals surface area contributed by atoms with E-state index in [1.54, 1.807) is 35.5 Å². The third-order valence-corrected chi connectivity index (χ3v) is 4.34. The highest BCUT2D eigenvalue weighted by molar-refractivity contribution is 6.30. The Morgan fingerprint density at radius 2 is 2.25 bits per heavy atom. The van der Waals surface area contributed by atoms with E-state index < -0.39 is 0 Å². The lowest BCUT2D eigenvalue weighted by atomic mass is 10.2. The van der Waals surface area contributed by atoms with Crippen LogP contribution < -0.4 is 5.32 Å². The van der Waals surface area contributed by atoms with E-state index in [4.69, 9.17) is 11.6 Å². The van der Waals surface area contributed by atoms with Crippen LogP contribution in [0.1, 0.15) is 35.1 Å². The van der Waals surface area contributed by atoms with Crippen LogP contribution in [0.15, 0.2) is 30.6 Å². The summed E-state index contributed by atoms with van der Waals surface area (Å²) in [4.78, 5) is 26.4. The lowest BCUT2D eigenvalue weighted by Gasteiger charge is -2.24. The number of likely N-dealkylation sites (tertiary alicyclic amines) is 1. The number of nitrogens with one attached hydrogen (secondary N) is 1. The second-order valence-electron chi connectivity index (χ2n) is 5.74. The fraction of sp³-hybridized carbons (Fsp3) is 0.375. The standard InChI is InChI=1S/C16H18ClN5O2/c1-21-10-19-20-15(21)13-6-3-7-22(13)14(23)9-18-16(24)11-4-2-5-12(17)8-11/h2,4-5,8,10,13H,3,6-7,9H2,1H3,(H,18,24). The Labute approximate surface area is 144 Å². The summed E-state index contributed by atoms with van der Waals surface area (Å²) in [7, 11) is 1.86. The minimum Gasteiger partial charge on any atom is -0.343 e. The van der Waals surface area contributed by atoms with Gasteiger partial charge in [-0.2, -0.15) is 0 Å². The fourth-order valence-corrected chi connectivity index (χ4v) is 3.11. The minimum atomic E-state index is -0.319. The number of benzene rings is 1. The monoisotopic (exact) mass is 347 g/mol. The summed E-state index contributed by atoms with van der Waals surface area (Å²) in [6.45, 7) is 0.600. The highest BCUT2D eigenvalue weighted by Crippen LogP contribution is 2.30. The summed E-state index contributed by atoms with van der Waals surface area (Å²) in [6, 6.07) is 6.53. The first kappa shape index (κ1) is 16.4. The number of hydrogen-bond acceptors (Lipinski definition) is 4. The van der Waals surface area contributed by atoms with Gasteiger partial charge in [0.25, 0.3) is 5.91 Å². The maximum Gasteiger partial charge on any atom is 0.251 e. The number of aryl methyl sites for hydroxylation is 1. The van der Waals surface area contributed by atoms with E-state index in [0.29, 0.717) is 17.1 Å². The van der Waals surface area contributed by atoms with Gasteiger partial charge in [0.1, 0.15) is 6.33 Å². The van der Waals surface area contributed by atoms with Gasteiger partial charge in [0.05, 0.1) is 12.6 Å². The van der Waals surface area contributed by atoms with E-state index in [0.717, 1.165) is 18.7 Å². The zero-order chi connectivity index (χ0) is 17.1. The molecule has 0 saturated carbocycles. The largest absolute Gasteiger partial charge is 0.343 e. The Bertz CT molecular complexity index is 760. The molecule has 2 amide bonds. The van der Waals surface area contributed by atoms with Gasteiger partial charge in [0, 0.05) is 24.2 Å². The molecular formula is C16H18ClN5O2. The van der Waals surface area contributed by atoms with Crippen molar-refractivity contribution >= 4 is 23.4 Å². The topological polar surface area (TPSA) is 80.1 Å². The van der Waals surface area contributed by atoms with Crippen molar-refractivity contribution in [2.45, 2.75) is 18.9 Å². The van der Waals surface area contributed by atoms with Crippen molar-refractivity contribution in [3.63, 3.8) is 0 Å². The molecule has 1 aliphatic heterocycles. The van der Waals surface area contributed by atoms with E-state index in [1.807, 2.05) is 11.6 Å². The molecule has 2 aromatic rings. The molecular weight excluding hydrogens is 330 g/mol. The molecule has 7 nitrogen and oxygen atoms in total. The summed E-state index contributed by atoms with van der Waals surface area (Å²) in [6.07, 6.45) is 3.38. The molecule has 0 aliphatic carbocycles. The van der Waals surface area contributed by atoms with Gasteiger partial charge in [-0.25, -0.2) is 0 Å². The maximum absolute atomic E-state index is 12.5. The fourth-order valence-electron chi connectivity index (χ4n) is 2.92. The molecule has 1 aromatic heterocycles. The van der Waals surface area contributed by atoms with Gasteiger partial charge in [-0.05, 0) is 31.0 Å². The lowest BCUT2D eigenvalue weighted by molar-refractivity contribution is -0.131. The maximum atomic E-state index is 12.5. The smallest absolute Gasteiger partial charge is 0.251 e. The molecule has 1 unspecified atom stereocenters. The third kappa shape index (κ3) is 3.41. The molecule has 1 N–H and O–H groups in total. The summed E-state index contributed by atoms with van der Waals surface area (Å²) in [5, 5.41) is 11.1. The molecule has 1 fully saturated rings. The molecule has 126 valence electrons. The number of nitrogens with zero attached hydrogens (tertiary/aromatic N) is 4. The van der Waals surface area contributed by atoms with E-state index in [9.17, 15) is 9.59 Å². The average Bonchev–Trinajstić information content (AvgIpc) is 3.20. The van der Waals surface area contributed by atoms with E-state index in [2.05, 4.69) is 15.5 Å². The number of hydrogen-bond donors (Lipinski definition) is 1. The van der Waals surface area contributed by atoms with Crippen molar-refractivity contribution in [3.05, 3.63) is 47.0 Å². The first-order valence-corrected chi connectivity index (χ1v) is 8.11. The summed E-state index contributed by atoms with van der Waals surface area (Å²) < 4.78 is 1.82. The van der Waals surface area contributed by atoms with Crippen LogP contribution in [-0.2, 0) is 11.8 Å². The van der Waals surface area contributed by atoms with Crippen LogP contribution in [0, 0.1) is 0 Å². The number of halogens is 1. The van der Waals surface area contributed by atoms with Crippen molar-refractivity contribution in [2.75, 3.05) is 13.1 Å². The predicted octanol–water partition coefficient (Wildman–Crippen LogP) is 1.56. The summed E-state index contributed by atoms with van der Waals surface area (Å²) >= 11 is 5.88. The Hall–Kier alpha value is -2.41. The van der Waals surface area contributed by atoms with Crippen molar-refractivity contribution in [3.8, 4) is 0 Å². The van der Waals surface area contributed by atoms with Crippen LogP contribution in [0.4, 0.5) is 0 Å². The molecule has 1 atom stereocenters. The van der Waals surface area contributed by atoms with Crippen molar-refractivity contribution in [1.82, 2.24) is 25.0 Å². The molecule has 0 radical (unpaired) electrons. The highest BCUT2D eigenvalue weighted by Gasteiger charge is 2.32. The van der Waals surface area contributed by atoms with Gasteiger partial charge in [-0.3, -0.25) is 9.59 Å². The minimum absolute atomic E-state index is 0.0559. The van der Waals surface area contributed by atoms with Crippen molar-refractivity contribution in [1.29, 1.82) is 0 Å². The molecule has 24 heavy (non-hydrogen) atoms. The zero-order valence-corrected chi connectivity index (χ0v) is 14.0. The van der Waals surface area contributed by atoms with Crippen molar-refractivity contribution < 1.29 is 9.59 Å². The third-order valence-electron chi connectivity index (χ3n) is 4.10. The quantitative estimate of drug-likeness (QED) is 0.910. The highest BCUT2D eigenvalue weighted by atomic mass is 35.5. The molecule has 1 aliphatic rings. The van der Waals surface area contributed by atoms with Crippen LogP contribution in [0.3, 0.4) is 0 Å². The number of carbonyl (C=O) groups excluding carboxylic acids is 2. The molecule has 1 saturated heterocycles. The molecule has 0 spiro atoms. The molecule has 0 bridgehead atoms. The predicted molar refractivity (Wildman–Crippen MR) is 88.5 cm³/mol. The normalized spacial score (nSPS) is 17.1. The van der Waals surface area contributed by atoms with E-state index in [1.165, 1.54) is 0 Å². The number of amides is 2. The first-order chi connectivity index (χ1) is 11.6. The van der Waals surface area contributed by atoms with Crippen LogP contribution in [-0.4, -0.2) is 44.6 Å². The van der Waals surface area contributed by atoms with Crippen LogP contribution in [0.2, 0.25) is 5.02 Å². The van der Waals surface area contributed by atoms with E-state index in [-0.39, 0.29) is 24.4 Å². The lowest BCUT2D eigenvalue weighted by Crippen LogP contribution is -2.40. The Morgan fingerprint density at radius 1 is 1.42 bits per heavy atom. The van der Waals surface area contributed by atoms with Crippen LogP contribution in [0.25, 0.3) is 0 Å². The molecule has 3 rings (SSSR count). The second-order valence-corrected chi connectivity index (χ2v) is 6.17. The van der Waals surface area contributed by atoms with Gasteiger partial charge in [0.2, 0.25) is 5.91 Å². The second kappa shape index (κ2) is 7.00. The van der Waals surface area contributed by atoms with Gasteiger partial charge < -0.3 is 14.8 Å². The van der Waals surface area contributed by atoms with Crippen LogP contribution >= 0.6 is 11.6 Å². The molecule has 8 heteroatoms. The Balaban J connectivity index is 1.62.